The van der Waals surface area contributed by atoms with Crippen LogP contribution < -0.4 is 10.6 Å². The lowest BCUT2D eigenvalue weighted by Crippen LogP contribution is -2.29. The molecule has 166 valence electrons. The lowest BCUT2D eigenvalue weighted by atomic mass is 9.99. The molecule has 0 amide bonds. The van der Waals surface area contributed by atoms with Crippen molar-refractivity contribution in [3.05, 3.63) is 47.7 Å². The van der Waals surface area contributed by atoms with Crippen molar-refractivity contribution in [1.82, 2.24) is 15.3 Å². The second-order valence-corrected chi connectivity index (χ2v) is 6.26. The molecule has 1 unspecified atom stereocenters. The van der Waals surface area contributed by atoms with E-state index in [9.17, 15) is 4.39 Å². The maximum absolute atomic E-state index is 13.3. The molecular formula is C25H39FN4. The second kappa shape index (κ2) is 17.4. The van der Waals surface area contributed by atoms with Crippen molar-refractivity contribution >= 4 is 11.5 Å². The molecule has 2 N–H and O–H groups in total. The first-order valence-electron chi connectivity index (χ1n) is 11.2. The molecule has 1 aromatic carbocycles. The third-order valence-electron chi connectivity index (χ3n) is 3.76. The highest BCUT2D eigenvalue weighted by Gasteiger charge is 2.19. The molecule has 1 aromatic heterocycles. The normalized spacial score (nSPS) is 14.2. The van der Waals surface area contributed by atoms with E-state index in [1.165, 1.54) is 18.6 Å². The Balaban J connectivity index is 0.00000108. The van der Waals surface area contributed by atoms with Gasteiger partial charge in [-0.25, -0.2) is 14.4 Å². The highest BCUT2D eigenvalue weighted by molar-refractivity contribution is 5.57. The summed E-state index contributed by atoms with van der Waals surface area (Å²) in [6.07, 6.45) is 3.43. The second-order valence-electron chi connectivity index (χ2n) is 6.26. The van der Waals surface area contributed by atoms with Gasteiger partial charge in [-0.3, -0.25) is 0 Å². The molecule has 0 saturated carbocycles. The predicted octanol–water partition coefficient (Wildman–Crippen LogP) is 6.67. The number of piperidine rings is 1. The van der Waals surface area contributed by atoms with Gasteiger partial charge < -0.3 is 10.6 Å². The fourth-order valence-electron chi connectivity index (χ4n) is 2.69. The summed E-state index contributed by atoms with van der Waals surface area (Å²) >= 11 is 0. The lowest BCUT2D eigenvalue weighted by Gasteiger charge is -2.22. The summed E-state index contributed by atoms with van der Waals surface area (Å²) in [6.45, 7) is 15.9. The molecule has 1 saturated heterocycles. The highest BCUT2D eigenvalue weighted by Crippen LogP contribution is 2.23. The van der Waals surface area contributed by atoms with Crippen molar-refractivity contribution in [3.8, 4) is 11.8 Å². The van der Waals surface area contributed by atoms with Crippen LogP contribution in [0.25, 0.3) is 0 Å². The van der Waals surface area contributed by atoms with Crippen LogP contribution in [0.1, 0.15) is 85.2 Å². The summed E-state index contributed by atoms with van der Waals surface area (Å²) < 4.78 is 13.3. The van der Waals surface area contributed by atoms with Crippen LogP contribution in [-0.2, 0) is 0 Å². The number of halogens is 1. The first kappa shape index (κ1) is 27.5. The van der Waals surface area contributed by atoms with E-state index in [0.717, 1.165) is 31.8 Å². The van der Waals surface area contributed by atoms with E-state index in [1.807, 2.05) is 27.7 Å². The monoisotopic (exact) mass is 414 g/mol. The summed E-state index contributed by atoms with van der Waals surface area (Å²) in [5.41, 5.74) is 1.34. The van der Waals surface area contributed by atoms with Gasteiger partial charge in [0.1, 0.15) is 23.2 Å². The van der Waals surface area contributed by atoms with Gasteiger partial charge in [-0.2, -0.15) is 0 Å². The van der Waals surface area contributed by atoms with Crippen molar-refractivity contribution in [2.75, 3.05) is 18.4 Å². The number of hydrogen-bond donors (Lipinski definition) is 2. The molecule has 0 radical (unpaired) electrons. The Morgan fingerprint density at radius 1 is 1.13 bits per heavy atom. The van der Waals surface area contributed by atoms with Gasteiger partial charge in [0.2, 0.25) is 0 Å². The molecule has 1 aliphatic heterocycles. The van der Waals surface area contributed by atoms with Crippen molar-refractivity contribution < 1.29 is 4.39 Å². The first-order chi connectivity index (χ1) is 14.7. The number of hydrogen-bond acceptors (Lipinski definition) is 4. The number of nitrogens with one attached hydrogen (secondary N) is 2. The summed E-state index contributed by atoms with van der Waals surface area (Å²) in [7, 11) is 0. The van der Waals surface area contributed by atoms with Gasteiger partial charge in [0.25, 0.3) is 0 Å². The molecule has 0 aliphatic carbocycles. The van der Waals surface area contributed by atoms with Crippen LogP contribution in [0.2, 0.25) is 0 Å². The zero-order valence-electron chi connectivity index (χ0n) is 19.8. The molecule has 3 rings (SSSR count). The number of anilines is 2. The first-order valence-corrected chi connectivity index (χ1v) is 11.2. The van der Waals surface area contributed by atoms with Gasteiger partial charge >= 0.3 is 0 Å². The Morgan fingerprint density at radius 3 is 2.40 bits per heavy atom. The van der Waals surface area contributed by atoms with Crippen LogP contribution in [0.3, 0.4) is 0 Å². The fraction of sp³-hybridized carbons (Fsp3) is 0.520. The van der Waals surface area contributed by atoms with Crippen LogP contribution in [-0.4, -0.2) is 23.1 Å². The average Bonchev–Trinajstić information content (AvgIpc) is 2.78. The smallest absolute Gasteiger partial charge is 0.136 e. The van der Waals surface area contributed by atoms with Gasteiger partial charge in [-0.1, -0.05) is 60.0 Å². The zero-order chi connectivity index (χ0) is 22.8. The van der Waals surface area contributed by atoms with E-state index in [1.54, 1.807) is 25.1 Å². The van der Waals surface area contributed by atoms with Crippen LogP contribution >= 0.6 is 0 Å². The van der Waals surface area contributed by atoms with Gasteiger partial charge in [-0.05, 0) is 50.4 Å². The van der Waals surface area contributed by atoms with Crippen molar-refractivity contribution in [1.29, 1.82) is 0 Å². The molecule has 2 heterocycles. The summed E-state index contributed by atoms with van der Waals surface area (Å²) in [4.78, 5) is 9.18. The van der Waals surface area contributed by atoms with E-state index in [-0.39, 0.29) is 11.7 Å². The van der Waals surface area contributed by atoms with Crippen LogP contribution in [0.4, 0.5) is 15.9 Å². The maximum Gasteiger partial charge on any atom is 0.136 e. The Labute approximate surface area is 183 Å². The molecular weight excluding hydrogens is 375 g/mol. The fourth-order valence-corrected chi connectivity index (χ4v) is 2.69. The topological polar surface area (TPSA) is 49.8 Å². The standard InChI is InChI=1S/C18H19FN4.C3H8.2C2H6/c1-2-5-15-11-17(21-16-8-3-7-14(19)10-16)23-18(22-15)13-6-4-9-20-12-13;1-3-2;2*1-2/h3,7-8,10-11,13,20H,4,6,9,12H2,1H3,(H,21,22,23);3H2,1-2H3;2*1-2H3. The van der Waals surface area contributed by atoms with Crippen molar-refractivity contribution in [2.24, 2.45) is 0 Å². The van der Waals surface area contributed by atoms with Crippen molar-refractivity contribution in [3.63, 3.8) is 0 Å². The minimum atomic E-state index is -0.283. The Kier molecular flexibility index (Phi) is 16.0. The van der Waals surface area contributed by atoms with Crippen molar-refractivity contribution in [2.45, 2.75) is 73.6 Å². The quantitative estimate of drug-likeness (QED) is 0.551. The summed E-state index contributed by atoms with van der Waals surface area (Å²) in [5.74, 6) is 7.29. The molecule has 1 atom stereocenters. The molecule has 4 nitrogen and oxygen atoms in total. The molecule has 0 spiro atoms. The maximum atomic E-state index is 13.3. The van der Waals surface area contributed by atoms with Crippen LogP contribution in [0.5, 0.6) is 0 Å². The van der Waals surface area contributed by atoms with E-state index >= 15 is 0 Å². The molecule has 30 heavy (non-hydrogen) atoms. The van der Waals surface area contributed by atoms with Crippen LogP contribution in [0.15, 0.2) is 30.3 Å². The SMILES string of the molecule is CC.CC.CC#Cc1cc(Nc2cccc(F)c2)nc(C2CCCNC2)n1.CCC. The van der Waals surface area contributed by atoms with Gasteiger partial charge in [-0.15, -0.1) is 0 Å². The number of nitrogens with zero attached hydrogens (tertiary/aromatic N) is 2. The van der Waals surface area contributed by atoms with Gasteiger partial charge in [0, 0.05) is 24.2 Å². The zero-order valence-corrected chi connectivity index (χ0v) is 19.8. The molecule has 1 aliphatic rings. The Bertz CT molecular complexity index is 759. The molecule has 1 fully saturated rings. The van der Waals surface area contributed by atoms with Crippen LogP contribution in [0, 0.1) is 17.7 Å². The number of aromatic nitrogens is 2. The minimum Gasteiger partial charge on any atom is -0.340 e. The van der Waals surface area contributed by atoms with E-state index in [4.69, 9.17) is 0 Å². The summed E-state index contributed by atoms with van der Waals surface area (Å²) in [5, 5.41) is 6.52. The highest BCUT2D eigenvalue weighted by atomic mass is 19.1. The Morgan fingerprint density at radius 2 is 1.83 bits per heavy atom. The Hall–Kier alpha value is -2.45. The summed E-state index contributed by atoms with van der Waals surface area (Å²) in [6, 6.07) is 8.12. The average molecular weight is 415 g/mol. The molecule has 2 aromatic rings. The third kappa shape index (κ3) is 10.4. The van der Waals surface area contributed by atoms with E-state index < -0.39 is 0 Å². The van der Waals surface area contributed by atoms with E-state index in [2.05, 4.69) is 46.3 Å². The van der Waals surface area contributed by atoms with Gasteiger partial charge in [0.15, 0.2) is 0 Å². The number of rotatable bonds is 3. The minimum absolute atomic E-state index is 0.283. The molecule has 0 bridgehead atoms. The predicted molar refractivity (Wildman–Crippen MR) is 128 cm³/mol. The van der Waals surface area contributed by atoms with Gasteiger partial charge in [0.05, 0.1) is 0 Å². The lowest BCUT2D eigenvalue weighted by molar-refractivity contribution is 0.446. The largest absolute Gasteiger partial charge is 0.340 e. The molecule has 5 heteroatoms. The van der Waals surface area contributed by atoms with E-state index in [0.29, 0.717) is 17.2 Å². The number of benzene rings is 1. The third-order valence-corrected chi connectivity index (χ3v) is 3.76.